The predicted molar refractivity (Wildman–Crippen MR) is 114 cm³/mol. The number of hydrogen-bond donors (Lipinski definition) is 7. The van der Waals surface area contributed by atoms with Gasteiger partial charge in [0.1, 0.15) is 40.8 Å². The number of aromatic hydroxyl groups is 4. The van der Waals surface area contributed by atoms with Crippen molar-refractivity contribution in [2.75, 3.05) is 7.11 Å². The topological polar surface area (TPSA) is 200 Å². The lowest BCUT2D eigenvalue weighted by Gasteiger charge is -2.38. The van der Waals surface area contributed by atoms with Gasteiger partial charge in [-0.05, 0) is 19.1 Å². The summed E-state index contributed by atoms with van der Waals surface area (Å²) in [4.78, 5) is 13.5. The summed E-state index contributed by atoms with van der Waals surface area (Å²) in [7, 11) is 1.26. The van der Waals surface area contributed by atoms with Crippen LogP contribution in [0.25, 0.3) is 22.3 Å². The highest BCUT2D eigenvalue weighted by molar-refractivity contribution is 5.89. The van der Waals surface area contributed by atoms with Crippen LogP contribution in [0.2, 0.25) is 0 Å². The number of hydrogen-bond acceptors (Lipinski definition) is 12. The van der Waals surface area contributed by atoms with E-state index < -0.39 is 59.1 Å². The van der Waals surface area contributed by atoms with Gasteiger partial charge in [-0.15, -0.1) is 0 Å². The lowest BCUT2D eigenvalue weighted by molar-refractivity contribution is -0.268. The molecule has 4 rings (SSSR count). The third-order valence-corrected chi connectivity index (χ3v) is 5.50. The first-order chi connectivity index (χ1) is 16.0. The molecular weight excluding hydrogens is 456 g/mol. The Morgan fingerprint density at radius 1 is 0.912 bits per heavy atom. The molecule has 7 N–H and O–H groups in total. The van der Waals surface area contributed by atoms with E-state index in [1.54, 1.807) is 0 Å². The highest BCUT2D eigenvalue weighted by Crippen LogP contribution is 2.43. The molecule has 0 saturated carbocycles. The molecule has 1 aliphatic rings. The summed E-state index contributed by atoms with van der Waals surface area (Å²) in [6.07, 6.45) is -7.45. The van der Waals surface area contributed by atoms with Crippen LogP contribution in [0, 0.1) is 0 Å². The fourth-order valence-electron chi connectivity index (χ4n) is 3.67. The maximum Gasteiger partial charge on any atom is 0.239 e. The smallest absolute Gasteiger partial charge is 0.239 e. The van der Waals surface area contributed by atoms with E-state index in [9.17, 15) is 40.5 Å². The van der Waals surface area contributed by atoms with Crippen molar-refractivity contribution in [1.82, 2.24) is 0 Å². The van der Waals surface area contributed by atoms with E-state index >= 15 is 0 Å². The van der Waals surface area contributed by atoms with Crippen molar-refractivity contribution in [3.05, 3.63) is 34.5 Å². The monoisotopic (exact) mass is 478 g/mol. The summed E-state index contributed by atoms with van der Waals surface area (Å²) in [5, 5.41) is 69.8. The van der Waals surface area contributed by atoms with E-state index in [1.807, 2.05) is 0 Å². The maximum absolute atomic E-state index is 13.5. The highest BCUT2D eigenvalue weighted by atomic mass is 16.7. The van der Waals surface area contributed by atoms with Crippen LogP contribution >= 0.6 is 0 Å². The quantitative estimate of drug-likeness (QED) is 0.257. The van der Waals surface area contributed by atoms with Crippen LogP contribution in [-0.2, 0) is 4.74 Å². The number of methoxy groups -OCH3 is 1. The molecule has 1 aromatic heterocycles. The summed E-state index contributed by atoms with van der Waals surface area (Å²) in [5.41, 5.74) is -1.11. The Balaban J connectivity index is 1.97. The molecule has 12 heteroatoms. The van der Waals surface area contributed by atoms with Crippen molar-refractivity contribution in [3.8, 4) is 45.8 Å². The number of phenols is 4. The number of rotatable bonds is 4. The van der Waals surface area contributed by atoms with Gasteiger partial charge in [-0.3, -0.25) is 4.79 Å². The molecule has 0 spiro atoms. The van der Waals surface area contributed by atoms with Gasteiger partial charge in [0.15, 0.2) is 23.0 Å². The molecule has 5 atom stereocenters. The molecule has 12 nitrogen and oxygen atoms in total. The predicted octanol–water partition coefficient (Wildman–Crippen LogP) is 0.497. The summed E-state index contributed by atoms with van der Waals surface area (Å²) < 4.78 is 22.0. The molecule has 0 bridgehead atoms. The van der Waals surface area contributed by atoms with Crippen LogP contribution in [-0.4, -0.2) is 73.6 Å². The third kappa shape index (κ3) is 3.82. The second kappa shape index (κ2) is 8.57. The largest absolute Gasteiger partial charge is 0.508 e. The van der Waals surface area contributed by atoms with E-state index in [4.69, 9.17) is 18.6 Å². The van der Waals surface area contributed by atoms with E-state index in [0.717, 1.165) is 24.3 Å². The zero-order chi connectivity index (χ0) is 24.9. The minimum atomic E-state index is -1.77. The Bertz CT molecular complexity index is 1280. The minimum Gasteiger partial charge on any atom is -0.508 e. The minimum absolute atomic E-state index is 0.0644. The molecule has 1 fully saturated rings. The number of benzene rings is 2. The lowest BCUT2D eigenvalue weighted by Crippen LogP contribution is -2.58. The van der Waals surface area contributed by atoms with Crippen molar-refractivity contribution in [1.29, 1.82) is 0 Å². The van der Waals surface area contributed by atoms with Gasteiger partial charge >= 0.3 is 0 Å². The average Bonchev–Trinajstić information content (AvgIpc) is 2.79. The van der Waals surface area contributed by atoms with Crippen LogP contribution in [0.1, 0.15) is 6.92 Å². The molecule has 1 saturated heterocycles. The molecule has 2 heterocycles. The van der Waals surface area contributed by atoms with Gasteiger partial charge < -0.3 is 54.4 Å². The van der Waals surface area contributed by atoms with Crippen LogP contribution in [0.15, 0.2) is 33.5 Å². The number of phenolic OH excluding ortho intramolecular Hbond substituents is 4. The standard InChI is InChI=1S/C22H22O12/c1-7-15(26)18(29)19(30)22(32-7)34-21-17(28)14-12(31-2)5-9(23)6-13(14)33-20(21)8-3-10(24)16(27)11(25)4-8/h3-7,15,18-19,22-27,29-30H,1-2H3/t7-,15-,18+,19-,22-/m0/s1. The summed E-state index contributed by atoms with van der Waals surface area (Å²) in [5.74, 6) is -3.59. The first kappa shape index (κ1) is 23.4. The van der Waals surface area contributed by atoms with Crippen LogP contribution in [0.5, 0.6) is 34.5 Å². The van der Waals surface area contributed by atoms with Crippen LogP contribution < -0.4 is 14.9 Å². The van der Waals surface area contributed by atoms with Crippen molar-refractivity contribution in [3.63, 3.8) is 0 Å². The van der Waals surface area contributed by atoms with Gasteiger partial charge in [-0.2, -0.15) is 0 Å². The second-order valence-corrected chi connectivity index (χ2v) is 7.77. The van der Waals surface area contributed by atoms with Gasteiger partial charge in [-0.1, -0.05) is 0 Å². The second-order valence-electron chi connectivity index (χ2n) is 7.77. The van der Waals surface area contributed by atoms with E-state index in [0.29, 0.717) is 0 Å². The summed E-state index contributed by atoms with van der Waals surface area (Å²) in [6, 6.07) is 4.24. The zero-order valence-electron chi connectivity index (χ0n) is 17.9. The van der Waals surface area contributed by atoms with Crippen molar-refractivity contribution in [2.24, 2.45) is 0 Å². The van der Waals surface area contributed by atoms with Crippen molar-refractivity contribution < 1.29 is 54.4 Å². The Hall–Kier alpha value is -3.71. The van der Waals surface area contributed by atoms with Gasteiger partial charge in [-0.25, -0.2) is 0 Å². The van der Waals surface area contributed by atoms with Gasteiger partial charge in [0.05, 0.1) is 13.2 Å². The highest BCUT2D eigenvalue weighted by Gasteiger charge is 2.44. The Morgan fingerprint density at radius 3 is 2.18 bits per heavy atom. The Kier molecular flexibility index (Phi) is 5.91. The maximum atomic E-state index is 13.5. The fraction of sp³-hybridized carbons (Fsp3) is 0.318. The van der Waals surface area contributed by atoms with E-state index in [-0.39, 0.29) is 33.8 Å². The molecule has 182 valence electrons. The first-order valence-corrected chi connectivity index (χ1v) is 10.0. The third-order valence-electron chi connectivity index (χ3n) is 5.50. The van der Waals surface area contributed by atoms with Gasteiger partial charge in [0.2, 0.25) is 17.5 Å². The number of fused-ring (bicyclic) bond motifs is 1. The summed E-state index contributed by atoms with van der Waals surface area (Å²) in [6.45, 7) is 1.42. The number of aliphatic hydroxyl groups excluding tert-OH is 3. The molecule has 2 aromatic carbocycles. The molecule has 0 radical (unpaired) electrons. The Labute approximate surface area is 191 Å². The Morgan fingerprint density at radius 2 is 1.56 bits per heavy atom. The molecule has 0 unspecified atom stereocenters. The average molecular weight is 478 g/mol. The SMILES string of the molecule is COc1cc(O)cc2oc(-c3cc(O)c(O)c(O)c3)c(O[C@@H]3O[C@@H](C)[C@H](O)[C@@H](O)[C@@H]3O)c(=O)c12. The molecule has 3 aromatic rings. The van der Waals surface area contributed by atoms with Crippen molar-refractivity contribution >= 4 is 11.0 Å². The normalized spacial score (nSPS) is 24.8. The van der Waals surface area contributed by atoms with Crippen molar-refractivity contribution in [2.45, 2.75) is 37.6 Å². The van der Waals surface area contributed by atoms with Gasteiger partial charge in [0, 0.05) is 17.7 Å². The van der Waals surface area contributed by atoms with Crippen LogP contribution in [0.4, 0.5) is 0 Å². The van der Waals surface area contributed by atoms with E-state index in [2.05, 4.69) is 0 Å². The van der Waals surface area contributed by atoms with E-state index in [1.165, 1.54) is 14.0 Å². The number of ether oxygens (including phenoxy) is 3. The van der Waals surface area contributed by atoms with Crippen LogP contribution in [0.3, 0.4) is 0 Å². The first-order valence-electron chi connectivity index (χ1n) is 10.0. The molecule has 0 aliphatic carbocycles. The molecular formula is C22H22O12. The lowest BCUT2D eigenvalue weighted by atomic mass is 10.00. The number of aliphatic hydroxyl groups is 3. The molecule has 34 heavy (non-hydrogen) atoms. The van der Waals surface area contributed by atoms with Gasteiger partial charge in [0.25, 0.3) is 0 Å². The summed E-state index contributed by atoms with van der Waals surface area (Å²) >= 11 is 0. The molecule has 0 amide bonds. The molecule has 1 aliphatic heterocycles. The zero-order valence-corrected chi connectivity index (χ0v) is 17.9. The fourth-order valence-corrected chi connectivity index (χ4v) is 3.67.